The number of nitrogens with one attached hydrogen (secondary N) is 1. The molecular weight excluding hydrogens is 230 g/mol. The van der Waals surface area contributed by atoms with E-state index in [1.807, 2.05) is 0 Å². The van der Waals surface area contributed by atoms with Gasteiger partial charge in [0, 0.05) is 19.3 Å². The fourth-order valence-corrected chi connectivity index (χ4v) is 1.84. The summed E-state index contributed by atoms with van der Waals surface area (Å²) in [5.74, 6) is 0.402. The molecule has 0 aromatic rings. The summed E-state index contributed by atoms with van der Waals surface area (Å²) in [7, 11) is 1.79. The van der Waals surface area contributed by atoms with Gasteiger partial charge in [-0.3, -0.25) is 9.59 Å². The Morgan fingerprint density at radius 1 is 0.944 bits per heavy atom. The van der Waals surface area contributed by atoms with Crippen LogP contribution in [0.4, 0.5) is 0 Å². The summed E-state index contributed by atoms with van der Waals surface area (Å²) >= 11 is 0. The van der Waals surface area contributed by atoms with E-state index in [1.54, 1.807) is 14.0 Å². The van der Waals surface area contributed by atoms with Crippen molar-refractivity contribution in [2.75, 3.05) is 7.05 Å². The predicted molar refractivity (Wildman–Crippen MR) is 71.5 cm³/mol. The average Bonchev–Trinajstić information content (AvgIpc) is 2.30. The maximum atomic E-state index is 11.4. The summed E-state index contributed by atoms with van der Waals surface area (Å²) in [6.07, 6.45) is 4.88. The minimum Gasteiger partial charge on any atom is -0.311 e. The van der Waals surface area contributed by atoms with Crippen molar-refractivity contribution in [3.63, 3.8) is 0 Å². The van der Waals surface area contributed by atoms with Crippen molar-refractivity contribution >= 4 is 17.3 Å². The maximum absolute atomic E-state index is 11.4. The highest BCUT2D eigenvalue weighted by atomic mass is 16.1. The van der Waals surface area contributed by atoms with Gasteiger partial charge in [0.1, 0.15) is 17.3 Å². The number of unbranched alkanes of at least 4 members (excludes halogenated alkanes) is 2. The molecule has 0 aliphatic heterocycles. The highest BCUT2D eigenvalue weighted by Crippen LogP contribution is 2.08. The Bertz CT molecular complexity index is 287. The van der Waals surface area contributed by atoms with E-state index in [0.29, 0.717) is 19.3 Å². The molecular formula is C14H25NO3. The highest BCUT2D eigenvalue weighted by Gasteiger charge is 2.10. The van der Waals surface area contributed by atoms with E-state index in [-0.39, 0.29) is 23.4 Å². The second-order valence-electron chi connectivity index (χ2n) is 4.79. The quantitative estimate of drug-likeness (QED) is 0.574. The van der Waals surface area contributed by atoms with Crippen LogP contribution in [0, 0.1) is 0 Å². The van der Waals surface area contributed by atoms with Crippen molar-refractivity contribution in [2.45, 2.75) is 64.8 Å². The number of hydrogen-bond donors (Lipinski definition) is 1. The van der Waals surface area contributed by atoms with Crippen LogP contribution in [0.15, 0.2) is 0 Å². The molecule has 0 fully saturated rings. The fraction of sp³-hybridized carbons (Fsp3) is 0.786. The van der Waals surface area contributed by atoms with Gasteiger partial charge < -0.3 is 10.1 Å². The predicted octanol–water partition coefficient (Wildman–Crippen LogP) is 2.05. The van der Waals surface area contributed by atoms with E-state index in [4.69, 9.17) is 0 Å². The van der Waals surface area contributed by atoms with Gasteiger partial charge in [-0.1, -0.05) is 12.8 Å². The van der Waals surface area contributed by atoms with Crippen molar-refractivity contribution in [3.8, 4) is 0 Å². The summed E-state index contributed by atoms with van der Waals surface area (Å²) in [4.78, 5) is 33.2. The molecule has 18 heavy (non-hydrogen) atoms. The second-order valence-corrected chi connectivity index (χ2v) is 4.79. The van der Waals surface area contributed by atoms with Crippen LogP contribution in [-0.4, -0.2) is 30.4 Å². The van der Waals surface area contributed by atoms with E-state index in [0.717, 1.165) is 25.7 Å². The lowest BCUT2D eigenvalue weighted by Gasteiger charge is -2.11. The Kier molecular flexibility index (Phi) is 9.38. The standard InChI is InChI=1S/C14H25NO3/c1-11(16)9-10-13(18)7-5-4-6-8-14(15-3)12(2)17/h14-15H,4-10H2,1-3H3. The minimum absolute atomic E-state index is 0.0570. The number of likely N-dealkylation sites (N-methyl/N-ethyl adjacent to an activating group) is 1. The molecule has 0 spiro atoms. The molecule has 4 nitrogen and oxygen atoms in total. The normalized spacial score (nSPS) is 12.2. The number of Topliss-reactive ketones (excluding diaryl/α,β-unsaturated/α-hetero) is 3. The van der Waals surface area contributed by atoms with Crippen molar-refractivity contribution in [1.29, 1.82) is 0 Å². The smallest absolute Gasteiger partial charge is 0.146 e. The first-order valence-corrected chi connectivity index (χ1v) is 6.66. The lowest BCUT2D eigenvalue weighted by molar-refractivity contribution is -0.123. The molecule has 0 aromatic carbocycles. The first kappa shape index (κ1) is 17.0. The Labute approximate surface area is 110 Å². The van der Waals surface area contributed by atoms with Crippen LogP contribution in [0.5, 0.6) is 0 Å². The molecule has 0 bridgehead atoms. The van der Waals surface area contributed by atoms with E-state index in [1.165, 1.54) is 6.92 Å². The zero-order valence-corrected chi connectivity index (χ0v) is 11.8. The topological polar surface area (TPSA) is 63.2 Å². The molecule has 0 radical (unpaired) electrons. The SMILES string of the molecule is CNC(CCCCCC(=O)CCC(C)=O)C(C)=O. The van der Waals surface area contributed by atoms with Crippen molar-refractivity contribution in [3.05, 3.63) is 0 Å². The lowest BCUT2D eigenvalue weighted by atomic mass is 10.0. The van der Waals surface area contributed by atoms with Gasteiger partial charge in [0.2, 0.25) is 0 Å². The van der Waals surface area contributed by atoms with Crippen molar-refractivity contribution in [1.82, 2.24) is 5.32 Å². The molecule has 0 saturated heterocycles. The maximum Gasteiger partial charge on any atom is 0.146 e. The van der Waals surface area contributed by atoms with Crippen LogP contribution in [-0.2, 0) is 14.4 Å². The van der Waals surface area contributed by atoms with Gasteiger partial charge in [0.05, 0.1) is 6.04 Å². The first-order valence-electron chi connectivity index (χ1n) is 6.66. The number of ketones is 3. The van der Waals surface area contributed by atoms with Gasteiger partial charge in [0.25, 0.3) is 0 Å². The summed E-state index contributed by atoms with van der Waals surface area (Å²) in [6.45, 7) is 3.10. The fourth-order valence-electron chi connectivity index (χ4n) is 1.84. The van der Waals surface area contributed by atoms with Gasteiger partial charge in [-0.2, -0.15) is 0 Å². The lowest BCUT2D eigenvalue weighted by Crippen LogP contribution is -2.31. The number of carbonyl (C=O) groups is 3. The van der Waals surface area contributed by atoms with Gasteiger partial charge >= 0.3 is 0 Å². The van der Waals surface area contributed by atoms with Crippen LogP contribution < -0.4 is 5.32 Å². The molecule has 4 heteroatoms. The Morgan fingerprint density at radius 2 is 1.61 bits per heavy atom. The summed E-state index contributed by atoms with van der Waals surface area (Å²) in [5.41, 5.74) is 0. The molecule has 0 amide bonds. The minimum atomic E-state index is -0.0570. The Balaban J connectivity index is 3.53. The van der Waals surface area contributed by atoms with Gasteiger partial charge in [-0.05, 0) is 33.7 Å². The summed E-state index contributed by atoms with van der Waals surface area (Å²) in [6, 6.07) is -0.0570. The molecule has 0 saturated carbocycles. The molecule has 1 N–H and O–H groups in total. The second kappa shape index (κ2) is 9.95. The van der Waals surface area contributed by atoms with Crippen molar-refractivity contribution in [2.24, 2.45) is 0 Å². The Morgan fingerprint density at radius 3 is 2.11 bits per heavy atom. The molecule has 0 aliphatic carbocycles. The zero-order valence-electron chi connectivity index (χ0n) is 11.8. The van der Waals surface area contributed by atoms with Gasteiger partial charge in [-0.15, -0.1) is 0 Å². The van der Waals surface area contributed by atoms with E-state index >= 15 is 0 Å². The van der Waals surface area contributed by atoms with Crippen molar-refractivity contribution < 1.29 is 14.4 Å². The van der Waals surface area contributed by atoms with E-state index in [9.17, 15) is 14.4 Å². The van der Waals surface area contributed by atoms with Gasteiger partial charge in [0.15, 0.2) is 0 Å². The molecule has 1 atom stereocenters. The van der Waals surface area contributed by atoms with Crippen LogP contribution in [0.1, 0.15) is 58.8 Å². The zero-order chi connectivity index (χ0) is 14.0. The van der Waals surface area contributed by atoms with Crippen LogP contribution in [0.25, 0.3) is 0 Å². The molecule has 0 aliphatic rings. The molecule has 1 unspecified atom stereocenters. The third kappa shape index (κ3) is 9.05. The van der Waals surface area contributed by atoms with Crippen LogP contribution in [0.3, 0.4) is 0 Å². The van der Waals surface area contributed by atoms with Gasteiger partial charge in [-0.25, -0.2) is 0 Å². The molecule has 0 aromatic heterocycles. The summed E-state index contributed by atoms with van der Waals surface area (Å²) in [5, 5.41) is 2.98. The molecule has 0 heterocycles. The third-order valence-corrected chi connectivity index (χ3v) is 3.04. The largest absolute Gasteiger partial charge is 0.311 e. The number of hydrogen-bond acceptors (Lipinski definition) is 4. The highest BCUT2D eigenvalue weighted by molar-refractivity contribution is 5.84. The Hall–Kier alpha value is -1.03. The monoisotopic (exact) mass is 255 g/mol. The first-order chi connectivity index (χ1) is 8.47. The number of rotatable bonds is 11. The van der Waals surface area contributed by atoms with E-state index in [2.05, 4.69) is 5.32 Å². The third-order valence-electron chi connectivity index (χ3n) is 3.04. The molecule has 0 rings (SSSR count). The van der Waals surface area contributed by atoms with E-state index < -0.39 is 0 Å². The summed E-state index contributed by atoms with van der Waals surface area (Å²) < 4.78 is 0. The molecule has 104 valence electrons. The number of carbonyl (C=O) groups excluding carboxylic acids is 3. The average molecular weight is 255 g/mol. The van der Waals surface area contributed by atoms with Crippen LogP contribution >= 0.6 is 0 Å². The van der Waals surface area contributed by atoms with Crippen LogP contribution in [0.2, 0.25) is 0 Å².